The largest absolute Gasteiger partial charge is 0.374 e. The third-order valence-electron chi connectivity index (χ3n) is 7.67. The number of aromatic nitrogens is 1. The quantitative estimate of drug-likeness (QED) is 0.155. The Bertz CT molecular complexity index is 1600. The number of nitrogens with zero attached hydrogens (tertiary/aromatic N) is 1. The number of rotatable bonds is 13. The molecule has 0 aliphatic carbocycles. The van der Waals surface area contributed by atoms with Gasteiger partial charge in [0.1, 0.15) is 30.2 Å². The van der Waals surface area contributed by atoms with E-state index in [9.17, 15) is 4.79 Å². The van der Waals surface area contributed by atoms with Crippen molar-refractivity contribution in [2.75, 3.05) is 11.9 Å². The highest BCUT2D eigenvalue weighted by Crippen LogP contribution is 2.38. The van der Waals surface area contributed by atoms with Crippen molar-refractivity contribution in [2.24, 2.45) is 0 Å². The maximum absolute atomic E-state index is 12.7. The molecule has 7 heteroatoms. The van der Waals surface area contributed by atoms with E-state index >= 15 is 0 Å². The molecular formula is C38H36N2O5. The summed E-state index contributed by atoms with van der Waals surface area (Å²) in [5.41, 5.74) is 4.59. The van der Waals surface area contributed by atoms with Gasteiger partial charge in [-0.1, -0.05) is 115 Å². The van der Waals surface area contributed by atoms with Crippen molar-refractivity contribution in [3.8, 4) is 0 Å². The van der Waals surface area contributed by atoms with Crippen LogP contribution >= 0.6 is 0 Å². The fourth-order valence-corrected chi connectivity index (χ4v) is 5.34. The van der Waals surface area contributed by atoms with Gasteiger partial charge in [0, 0.05) is 17.3 Å². The highest BCUT2D eigenvalue weighted by molar-refractivity contribution is 6.03. The second-order valence-electron chi connectivity index (χ2n) is 10.9. The fourth-order valence-electron chi connectivity index (χ4n) is 5.34. The summed E-state index contributed by atoms with van der Waals surface area (Å²) >= 11 is 0. The predicted molar refractivity (Wildman–Crippen MR) is 172 cm³/mol. The zero-order valence-corrected chi connectivity index (χ0v) is 24.9. The van der Waals surface area contributed by atoms with Gasteiger partial charge < -0.3 is 24.3 Å². The topological polar surface area (TPSA) is 78.9 Å². The van der Waals surface area contributed by atoms with Crippen LogP contribution in [0.4, 0.5) is 5.82 Å². The predicted octanol–water partition coefficient (Wildman–Crippen LogP) is 7.16. The summed E-state index contributed by atoms with van der Waals surface area (Å²) in [5, 5.41) is 2.87. The lowest BCUT2D eigenvalue weighted by Gasteiger charge is -2.25. The maximum atomic E-state index is 12.7. The monoisotopic (exact) mass is 600 g/mol. The number of carbonyl (C=O) groups excluding carboxylic acids is 1. The second-order valence-corrected chi connectivity index (χ2v) is 10.9. The summed E-state index contributed by atoms with van der Waals surface area (Å²) in [6.45, 7) is 1.59. The van der Waals surface area contributed by atoms with Crippen molar-refractivity contribution in [2.45, 2.75) is 44.2 Å². The van der Waals surface area contributed by atoms with Crippen LogP contribution in [-0.2, 0) is 38.8 Å². The van der Waals surface area contributed by atoms with Gasteiger partial charge in [-0.3, -0.25) is 4.79 Å². The molecule has 0 saturated carbocycles. The molecule has 1 fully saturated rings. The van der Waals surface area contributed by atoms with E-state index in [2.05, 4.69) is 10.3 Å². The molecule has 1 saturated heterocycles. The molecule has 4 aromatic carbocycles. The molecule has 0 spiro atoms. The van der Waals surface area contributed by atoms with E-state index in [0.717, 1.165) is 22.3 Å². The van der Waals surface area contributed by atoms with Crippen molar-refractivity contribution in [3.05, 3.63) is 167 Å². The molecule has 1 aromatic heterocycles. The van der Waals surface area contributed by atoms with Gasteiger partial charge in [0.05, 0.1) is 26.4 Å². The molecule has 2 heterocycles. The minimum Gasteiger partial charge on any atom is -0.374 e. The van der Waals surface area contributed by atoms with E-state index in [4.69, 9.17) is 18.9 Å². The molecule has 45 heavy (non-hydrogen) atoms. The summed E-state index contributed by atoms with van der Waals surface area (Å²) in [4.78, 5) is 17.2. The third-order valence-corrected chi connectivity index (χ3v) is 7.67. The van der Waals surface area contributed by atoms with Gasteiger partial charge in [0.25, 0.3) is 5.91 Å². The average Bonchev–Trinajstić information content (AvgIpc) is 3.45. The molecule has 1 N–H and O–H groups in total. The van der Waals surface area contributed by atoms with Crippen molar-refractivity contribution >= 4 is 11.7 Å². The van der Waals surface area contributed by atoms with E-state index in [1.54, 1.807) is 24.4 Å². The number of ether oxygens (including phenoxy) is 4. The number of hydrogen-bond acceptors (Lipinski definition) is 6. The van der Waals surface area contributed by atoms with Gasteiger partial charge in [-0.25, -0.2) is 4.98 Å². The molecular weight excluding hydrogens is 564 g/mol. The van der Waals surface area contributed by atoms with Crippen LogP contribution in [0, 0.1) is 0 Å². The van der Waals surface area contributed by atoms with Crippen LogP contribution in [-0.4, -0.2) is 35.8 Å². The van der Waals surface area contributed by atoms with Crippen molar-refractivity contribution < 1.29 is 23.7 Å². The minimum absolute atomic E-state index is 0.220. The number of amides is 1. The summed E-state index contributed by atoms with van der Waals surface area (Å²) < 4.78 is 26.0. The summed E-state index contributed by atoms with van der Waals surface area (Å²) in [6, 6.07) is 43.0. The Hall–Kier alpha value is -4.66. The molecule has 5 aromatic rings. The zero-order chi connectivity index (χ0) is 30.7. The second kappa shape index (κ2) is 15.4. The lowest BCUT2D eigenvalue weighted by molar-refractivity contribution is -0.0898. The van der Waals surface area contributed by atoms with Crippen LogP contribution in [0.15, 0.2) is 140 Å². The van der Waals surface area contributed by atoms with E-state index in [1.807, 2.05) is 115 Å². The van der Waals surface area contributed by atoms with Gasteiger partial charge in [-0.15, -0.1) is 0 Å². The third kappa shape index (κ3) is 8.29. The van der Waals surface area contributed by atoms with Gasteiger partial charge in [-0.05, 0) is 34.9 Å². The van der Waals surface area contributed by atoms with Crippen molar-refractivity contribution in [1.29, 1.82) is 0 Å². The van der Waals surface area contributed by atoms with Crippen LogP contribution in [0.2, 0.25) is 0 Å². The Morgan fingerprint density at radius 3 is 1.73 bits per heavy atom. The summed E-state index contributed by atoms with van der Waals surface area (Å²) in [7, 11) is 0. The first-order valence-corrected chi connectivity index (χ1v) is 15.1. The standard InChI is InChI=1S/C38H36N2O5/c41-38(31-19-11-4-12-20-31)40-34-22-21-32(23-39-34)35-37(44-26-30-17-9-3-10-18-30)36(43-25-29-15-7-2-8-16-29)33(45-35)27-42-24-28-13-5-1-6-14-28/h1-23,33,35-37H,24-27H2,(H,39,40,41)/t33-,35+,36-,37+/m1/s1. The first-order chi connectivity index (χ1) is 22.2. The maximum Gasteiger partial charge on any atom is 0.256 e. The Kier molecular flexibility index (Phi) is 10.4. The highest BCUT2D eigenvalue weighted by Gasteiger charge is 2.47. The molecule has 0 radical (unpaired) electrons. The molecule has 0 unspecified atom stereocenters. The molecule has 228 valence electrons. The molecule has 1 amide bonds. The Morgan fingerprint density at radius 2 is 1.18 bits per heavy atom. The van der Waals surface area contributed by atoms with Crippen LogP contribution in [0.25, 0.3) is 0 Å². The number of benzene rings is 4. The van der Waals surface area contributed by atoms with E-state index in [1.165, 1.54) is 0 Å². The smallest absolute Gasteiger partial charge is 0.256 e. The lowest BCUT2D eigenvalue weighted by Crippen LogP contribution is -2.37. The summed E-state index contributed by atoms with van der Waals surface area (Å²) in [6.07, 6.45) is 0.0239. The molecule has 7 nitrogen and oxygen atoms in total. The first-order valence-electron chi connectivity index (χ1n) is 15.1. The van der Waals surface area contributed by atoms with Crippen LogP contribution in [0.5, 0.6) is 0 Å². The number of hydrogen-bond donors (Lipinski definition) is 1. The molecule has 4 atom stereocenters. The van der Waals surface area contributed by atoms with Gasteiger partial charge >= 0.3 is 0 Å². The van der Waals surface area contributed by atoms with Crippen LogP contribution in [0.3, 0.4) is 0 Å². The van der Waals surface area contributed by atoms with Crippen molar-refractivity contribution in [3.63, 3.8) is 0 Å². The lowest BCUT2D eigenvalue weighted by atomic mass is 10.0. The SMILES string of the molecule is O=C(Nc1ccc([C@@H]2O[C@H](COCc3ccccc3)[C@@H](OCc3ccccc3)[C@H]2OCc2ccccc2)cn1)c1ccccc1. The Morgan fingerprint density at radius 1 is 0.644 bits per heavy atom. The van der Waals surface area contributed by atoms with Crippen molar-refractivity contribution in [1.82, 2.24) is 4.98 Å². The molecule has 6 rings (SSSR count). The fraction of sp³-hybridized carbons (Fsp3) is 0.211. The minimum atomic E-state index is -0.466. The number of nitrogens with one attached hydrogen (secondary N) is 1. The highest BCUT2D eigenvalue weighted by atomic mass is 16.6. The number of carbonyl (C=O) groups is 1. The first kappa shape index (κ1) is 30.4. The number of anilines is 1. The van der Waals surface area contributed by atoms with Crippen LogP contribution in [0.1, 0.15) is 38.7 Å². The van der Waals surface area contributed by atoms with E-state index < -0.39 is 18.3 Å². The van der Waals surface area contributed by atoms with E-state index in [-0.39, 0.29) is 12.0 Å². The average molecular weight is 601 g/mol. The number of pyridine rings is 1. The van der Waals surface area contributed by atoms with Gasteiger partial charge in [0.15, 0.2) is 0 Å². The molecule has 1 aliphatic heterocycles. The Balaban J connectivity index is 1.22. The normalized spacial score (nSPS) is 19.3. The molecule has 0 bridgehead atoms. The Labute approximate surface area is 263 Å². The van der Waals surface area contributed by atoms with E-state index in [0.29, 0.717) is 37.8 Å². The summed E-state index contributed by atoms with van der Waals surface area (Å²) in [5.74, 6) is 0.231. The zero-order valence-electron chi connectivity index (χ0n) is 24.9. The van der Waals surface area contributed by atoms with Crippen LogP contribution < -0.4 is 5.32 Å². The molecule has 1 aliphatic rings. The van der Waals surface area contributed by atoms with Gasteiger partial charge in [-0.2, -0.15) is 0 Å². The van der Waals surface area contributed by atoms with Gasteiger partial charge in [0.2, 0.25) is 0 Å².